The van der Waals surface area contributed by atoms with Crippen LogP contribution in [0.15, 0.2) is 48.5 Å². The van der Waals surface area contributed by atoms with Gasteiger partial charge in [0.1, 0.15) is 5.41 Å². The van der Waals surface area contributed by atoms with Crippen molar-refractivity contribution in [1.29, 1.82) is 0 Å². The molecule has 0 aromatic heterocycles. The quantitative estimate of drug-likeness (QED) is 0.921. The molecule has 1 atom stereocenters. The van der Waals surface area contributed by atoms with Gasteiger partial charge in [0.15, 0.2) is 5.78 Å². The second-order valence-corrected chi connectivity index (χ2v) is 5.30. The fraction of sp³-hybridized carbons (Fsp3) is 0.125. The van der Waals surface area contributed by atoms with E-state index in [9.17, 15) is 14.7 Å². The number of benzene rings is 2. The third kappa shape index (κ3) is 1.67. The van der Waals surface area contributed by atoms with Crippen LogP contribution in [0.1, 0.15) is 27.9 Å². The molecule has 1 N–H and O–H groups in total. The van der Waals surface area contributed by atoms with Crippen LogP contribution in [0.5, 0.6) is 0 Å². The number of hydrogen-bond acceptors (Lipinski definition) is 2. The molecule has 0 amide bonds. The molecule has 3 rings (SSSR count). The number of rotatable bonds is 2. The van der Waals surface area contributed by atoms with Gasteiger partial charge in [-0.1, -0.05) is 48.0 Å². The van der Waals surface area contributed by atoms with Crippen LogP contribution in [0.25, 0.3) is 0 Å². The second-order valence-electron chi connectivity index (χ2n) is 4.87. The van der Waals surface area contributed by atoms with Crippen molar-refractivity contribution >= 4 is 23.4 Å². The smallest absolute Gasteiger partial charge is 0.319 e. The lowest BCUT2D eigenvalue weighted by atomic mass is 9.75. The zero-order chi connectivity index (χ0) is 14.3. The summed E-state index contributed by atoms with van der Waals surface area (Å²) in [6.07, 6.45) is -0.0674. The van der Waals surface area contributed by atoms with E-state index in [0.29, 0.717) is 21.7 Å². The van der Waals surface area contributed by atoms with E-state index in [0.717, 1.165) is 0 Å². The number of fused-ring (bicyclic) bond motifs is 1. The zero-order valence-corrected chi connectivity index (χ0v) is 11.2. The molecule has 0 spiro atoms. The predicted octanol–water partition coefficient (Wildman–Crippen LogP) is 3.30. The van der Waals surface area contributed by atoms with E-state index in [-0.39, 0.29) is 12.2 Å². The number of carbonyl (C=O) groups is 2. The largest absolute Gasteiger partial charge is 0.480 e. The van der Waals surface area contributed by atoms with Crippen molar-refractivity contribution in [1.82, 2.24) is 0 Å². The predicted molar refractivity (Wildman–Crippen MR) is 75.3 cm³/mol. The summed E-state index contributed by atoms with van der Waals surface area (Å²) in [5.74, 6) is -1.20. The number of carboxylic acid groups (broad SMARTS) is 1. The van der Waals surface area contributed by atoms with Crippen LogP contribution in [0.4, 0.5) is 0 Å². The van der Waals surface area contributed by atoms with Gasteiger partial charge in [-0.2, -0.15) is 0 Å². The Morgan fingerprint density at radius 1 is 1.15 bits per heavy atom. The van der Waals surface area contributed by atoms with Crippen LogP contribution in [0.3, 0.4) is 0 Å². The van der Waals surface area contributed by atoms with Crippen molar-refractivity contribution in [3.05, 3.63) is 70.2 Å². The number of ketones is 1. The van der Waals surface area contributed by atoms with Crippen LogP contribution in [-0.2, 0) is 10.2 Å². The number of carboxylic acids is 1. The Labute approximate surface area is 120 Å². The highest BCUT2D eigenvalue weighted by Crippen LogP contribution is 2.45. The number of aliphatic carboxylic acids is 1. The molecule has 0 bridgehead atoms. The molecule has 0 radical (unpaired) electrons. The normalized spacial score (nSPS) is 20.8. The van der Waals surface area contributed by atoms with Crippen molar-refractivity contribution in [3.8, 4) is 0 Å². The zero-order valence-electron chi connectivity index (χ0n) is 10.5. The van der Waals surface area contributed by atoms with Gasteiger partial charge in [0.25, 0.3) is 0 Å². The Bertz CT molecular complexity index is 709. The summed E-state index contributed by atoms with van der Waals surface area (Å²) >= 11 is 5.91. The summed E-state index contributed by atoms with van der Waals surface area (Å²) in [5, 5.41) is 10.2. The molecule has 0 aliphatic heterocycles. The van der Waals surface area contributed by atoms with Crippen LogP contribution >= 0.6 is 11.6 Å². The minimum atomic E-state index is -1.31. The van der Waals surface area contributed by atoms with Gasteiger partial charge in [0.05, 0.1) is 0 Å². The van der Waals surface area contributed by atoms with Gasteiger partial charge < -0.3 is 5.11 Å². The molecule has 1 aliphatic rings. The molecule has 2 aromatic rings. The van der Waals surface area contributed by atoms with Gasteiger partial charge in [0, 0.05) is 17.0 Å². The Hall–Kier alpha value is -2.13. The Kier molecular flexibility index (Phi) is 2.87. The maximum atomic E-state index is 12.2. The van der Waals surface area contributed by atoms with Crippen molar-refractivity contribution in [2.24, 2.45) is 0 Å². The maximum Gasteiger partial charge on any atom is 0.319 e. The molecule has 20 heavy (non-hydrogen) atoms. The second kappa shape index (κ2) is 4.46. The lowest BCUT2D eigenvalue weighted by Crippen LogP contribution is -2.35. The summed E-state index contributed by atoms with van der Waals surface area (Å²) < 4.78 is 0. The van der Waals surface area contributed by atoms with Crippen molar-refractivity contribution < 1.29 is 14.7 Å². The number of halogens is 1. The Morgan fingerprint density at radius 3 is 2.50 bits per heavy atom. The molecule has 0 saturated carbocycles. The molecule has 0 saturated heterocycles. The molecule has 0 heterocycles. The fourth-order valence-corrected chi connectivity index (χ4v) is 3.02. The maximum absolute atomic E-state index is 12.2. The van der Waals surface area contributed by atoms with Crippen LogP contribution in [0.2, 0.25) is 5.02 Å². The molecule has 0 fully saturated rings. The first-order valence-electron chi connectivity index (χ1n) is 6.18. The monoisotopic (exact) mass is 286 g/mol. The molecule has 1 aliphatic carbocycles. The standard InChI is InChI=1S/C16H11ClO3/c17-11-6-7-13-12(8-11)14(18)9-16(13,15(19)20)10-4-2-1-3-5-10/h1-8H,9H2,(H,19,20). The molecule has 4 heteroatoms. The van der Waals surface area contributed by atoms with Gasteiger partial charge in [0.2, 0.25) is 0 Å². The first kappa shape index (κ1) is 12.9. The van der Waals surface area contributed by atoms with Crippen LogP contribution in [0, 0.1) is 0 Å². The highest BCUT2D eigenvalue weighted by Gasteiger charge is 2.50. The average molecular weight is 287 g/mol. The highest BCUT2D eigenvalue weighted by molar-refractivity contribution is 6.31. The van der Waals surface area contributed by atoms with E-state index in [1.165, 1.54) is 0 Å². The fourth-order valence-electron chi connectivity index (χ4n) is 2.85. The number of Topliss-reactive ketones (excluding diaryl/α,β-unsaturated/α-hetero) is 1. The SMILES string of the molecule is O=C1CC(C(=O)O)(c2ccccc2)c2ccc(Cl)cc21. The first-order chi connectivity index (χ1) is 9.55. The van der Waals surface area contributed by atoms with Gasteiger partial charge in [-0.15, -0.1) is 0 Å². The Morgan fingerprint density at radius 2 is 1.85 bits per heavy atom. The topological polar surface area (TPSA) is 54.4 Å². The van der Waals surface area contributed by atoms with Gasteiger partial charge in [-0.05, 0) is 23.3 Å². The third-order valence-electron chi connectivity index (χ3n) is 3.80. The summed E-state index contributed by atoms with van der Waals surface area (Å²) in [6, 6.07) is 13.7. The van der Waals surface area contributed by atoms with Gasteiger partial charge >= 0.3 is 5.97 Å². The molecule has 1 unspecified atom stereocenters. The van der Waals surface area contributed by atoms with E-state index in [2.05, 4.69) is 0 Å². The van der Waals surface area contributed by atoms with E-state index in [1.54, 1.807) is 42.5 Å². The van der Waals surface area contributed by atoms with Gasteiger partial charge in [-0.3, -0.25) is 9.59 Å². The van der Waals surface area contributed by atoms with Crippen molar-refractivity contribution in [3.63, 3.8) is 0 Å². The summed E-state index contributed by atoms with van der Waals surface area (Å²) in [7, 11) is 0. The Balaban J connectivity index is 2.31. The highest BCUT2D eigenvalue weighted by atomic mass is 35.5. The van der Waals surface area contributed by atoms with Crippen LogP contribution in [-0.4, -0.2) is 16.9 Å². The minimum absolute atomic E-state index is 0.0674. The van der Waals surface area contributed by atoms with E-state index < -0.39 is 11.4 Å². The molecule has 2 aromatic carbocycles. The lowest BCUT2D eigenvalue weighted by molar-refractivity contribution is -0.141. The summed E-state index contributed by atoms with van der Waals surface area (Å²) in [5.41, 5.74) is 0.231. The lowest BCUT2D eigenvalue weighted by Gasteiger charge is -2.25. The minimum Gasteiger partial charge on any atom is -0.480 e. The van der Waals surface area contributed by atoms with E-state index >= 15 is 0 Å². The summed E-state index contributed by atoms with van der Waals surface area (Å²) in [6.45, 7) is 0. The molecular formula is C16H11ClO3. The third-order valence-corrected chi connectivity index (χ3v) is 4.03. The number of carbonyl (C=O) groups excluding carboxylic acids is 1. The average Bonchev–Trinajstić information content (AvgIpc) is 2.74. The number of hydrogen-bond donors (Lipinski definition) is 1. The van der Waals surface area contributed by atoms with E-state index in [4.69, 9.17) is 11.6 Å². The van der Waals surface area contributed by atoms with E-state index in [1.807, 2.05) is 6.07 Å². The molecule has 3 nitrogen and oxygen atoms in total. The van der Waals surface area contributed by atoms with Gasteiger partial charge in [-0.25, -0.2) is 0 Å². The first-order valence-corrected chi connectivity index (χ1v) is 6.55. The molecule has 100 valence electrons. The van der Waals surface area contributed by atoms with Crippen molar-refractivity contribution in [2.45, 2.75) is 11.8 Å². The van der Waals surface area contributed by atoms with Crippen molar-refractivity contribution in [2.75, 3.05) is 0 Å². The summed E-state index contributed by atoms with van der Waals surface area (Å²) in [4.78, 5) is 24.1. The van der Waals surface area contributed by atoms with Crippen LogP contribution < -0.4 is 0 Å². The molecular weight excluding hydrogens is 276 g/mol.